The molecule has 3 rings (SSSR count). The van der Waals surface area contributed by atoms with Crippen LogP contribution in [-0.4, -0.2) is 36.6 Å². The van der Waals surface area contributed by atoms with Crippen molar-refractivity contribution in [3.8, 4) is 5.75 Å². The maximum atomic E-state index is 12.2. The number of halogens is 1. The fraction of sp³-hybridized carbons (Fsp3) is 0.421. The van der Waals surface area contributed by atoms with Crippen molar-refractivity contribution in [1.29, 1.82) is 0 Å². The van der Waals surface area contributed by atoms with Crippen LogP contribution < -0.4 is 10.1 Å². The van der Waals surface area contributed by atoms with Crippen molar-refractivity contribution in [1.82, 2.24) is 10.3 Å². The van der Waals surface area contributed by atoms with Crippen LogP contribution >= 0.6 is 11.6 Å². The van der Waals surface area contributed by atoms with E-state index in [0.717, 1.165) is 25.7 Å². The van der Waals surface area contributed by atoms with Crippen LogP contribution in [0, 0.1) is 0 Å². The van der Waals surface area contributed by atoms with Gasteiger partial charge in [0.05, 0.1) is 12.6 Å². The van der Waals surface area contributed by atoms with Crippen LogP contribution in [-0.2, 0) is 9.53 Å². The minimum absolute atomic E-state index is 0.116. The van der Waals surface area contributed by atoms with E-state index in [4.69, 9.17) is 21.1 Å². The molecular formula is C19H21ClN2O4. The van der Waals surface area contributed by atoms with Crippen LogP contribution in [0.1, 0.15) is 42.6 Å². The first-order valence-corrected chi connectivity index (χ1v) is 9.05. The number of nitrogens with one attached hydrogen (secondary N) is 1. The minimum Gasteiger partial charge on any atom is -0.483 e. The molecule has 138 valence electrons. The molecule has 26 heavy (non-hydrogen) atoms. The Kier molecular flexibility index (Phi) is 5.93. The second kappa shape index (κ2) is 8.36. The van der Waals surface area contributed by atoms with Gasteiger partial charge in [-0.15, -0.1) is 0 Å². The number of methoxy groups -OCH3 is 1. The molecule has 0 bridgehead atoms. The van der Waals surface area contributed by atoms with Gasteiger partial charge in [0, 0.05) is 22.5 Å². The molecule has 1 aromatic heterocycles. The summed E-state index contributed by atoms with van der Waals surface area (Å²) < 4.78 is 10.4. The van der Waals surface area contributed by atoms with E-state index >= 15 is 0 Å². The summed E-state index contributed by atoms with van der Waals surface area (Å²) in [6.07, 6.45) is 5.52. The summed E-state index contributed by atoms with van der Waals surface area (Å²) in [6, 6.07) is 6.75. The number of benzene rings is 1. The fourth-order valence-electron chi connectivity index (χ4n) is 3.16. The van der Waals surface area contributed by atoms with Crippen LogP contribution in [0.2, 0.25) is 5.02 Å². The highest BCUT2D eigenvalue weighted by Crippen LogP contribution is 2.28. The number of pyridine rings is 1. The number of amides is 1. The van der Waals surface area contributed by atoms with Gasteiger partial charge in [0.15, 0.2) is 12.3 Å². The van der Waals surface area contributed by atoms with E-state index in [1.807, 2.05) is 0 Å². The smallest absolute Gasteiger partial charge is 0.356 e. The van der Waals surface area contributed by atoms with E-state index in [2.05, 4.69) is 10.3 Å². The average molecular weight is 377 g/mol. The van der Waals surface area contributed by atoms with Crippen LogP contribution in [0.25, 0.3) is 10.9 Å². The third-order valence-electron chi connectivity index (χ3n) is 4.46. The third kappa shape index (κ3) is 4.43. The van der Waals surface area contributed by atoms with Crippen LogP contribution in [0.15, 0.2) is 24.3 Å². The second-order valence-electron chi connectivity index (χ2n) is 6.35. The number of hydrogen-bond donors (Lipinski definition) is 1. The molecule has 0 atom stereocenters. The molecular weight excluding hydrogens is 356 g/mol. The third-order valence-corrected chi connectivity index (χ3v) is 4.69. The number of esters is 1. The molecule has 0 unspecified atom stereocenters. The van der Waals surface area contributed by atoms with Gasteiger partial charge in [0.2, 0.25) is 0 Å². The molecule has 1 N–H and O–H groups in total. The van der Waals surface area contributed by atoms with Crippen LogP contribution in [0.4, 0.5) is 0 Å². The Morgan fingerprint density at radius 2 is 2.00 bits per heavy atom. The normalized spacial score (nSPS) is 14.8. The van der Waals surface area contributed by atoms with Crippen molar-refractivity contribution in [2.24, 2.45) is 0 Å². The minimum atomic E-state index is -0.571. The quantitative estimate of drug-likeness (QED) is 0.808. The van der Waals surface area contributed by atoms with Gasteiger partial charge in [-0.05, 0) is 31.0 Å². The summed E-state index contributed by atoms with van der Waals surface area (Å²) >= 11 is 6.06. The molecule has 0 saturated heterocycles. The number of fused-ring (bicyclic) bond motifs is 1. The summed E-state index contributed by atoms with van der Waals surface area (Å²) in [7, 11) is 1.29. The van der Waals surface area contributed by atoms with E-state index < -0.39 is 5.97 Å². The summed E-state index contributed by atoms with van der Waals surface area (Å²) in [5.41, 5.74) is 0.657. The predicted molar refractivity (Wildman–Crippen MR) is 98.6 cm³/mol. The van der Waals surface area contributed by atoms with Crippen molar-refractivity contribution < 1.29 is 19.1 Å². The molecule has 1 aliphatic carbocycles. The molecule has 0 aliphatic heterocycles. The standard InChI is InChI=1S/C19H21ClN2O4/c1-25-19(24)16-10-17(14-9-12(20)7-8-15(14)22-16)26-11-18(23)21-13-5-3-2-4-6-13/h7-10,13H,2-6,11H2,1H3,(H,21,23). The van der Waals surface area contributed by atoms with Gasteiger partial charge in [0.25, 0.3) is 5.91 Å². The maximum absolute atomic E-state index is 12.2. The van der Waals surface area contributed by atoms with Crippen molar-refractivity contribution in [3.63, 3.8) is 0 Å². The molecule has 1 aromatic carbocycles. The van der Waals surface area contributed by atoms with Gasteiger partial charge in [-0.3, -0.25) is 4.79 Å². The summed E-state index contributed by atoms with van der Waals surface area (Å²) in [4.78, 5) is 28.3. The van der Waals surface area contributed by atoms with Crippen molar-refractivity contribution in [3.05, 3.63) is 35.0 Å². The van der Waals surface area contributed by atoms with E-state index in [9.17, 15) is 9.59 Å². The molecule has 6 nitrogen and oxygen atoms in total. The molecule has 1 fully saturated rings. The average Bonchev–Trinajstić information content (AvgIpc) is 2.66. The predicted octanol–water partition coefficient (Wildman–Crippen LogP) is 3.50. The highest BCUT2D eigenvalue weighted by atomic mass is 35.5. The number of hydrogen-bond acceptors (Lipinski definition) is 5. The first-order chi connectivity index (χ1) is 12.6. The summed E-state index contributed by atoms with van der Waals surface area (Å²) in [5.74, 6) is -0.376. The van der Waals surface area contributed by atoms with E-state index in [1.165, 1.54) is 19.6 Å². The number of carbonyl (C=O) groups excluding carboxylic acids is 2. The zero-order valence-corrected chi connectivity index (χ0v) is 15.3. The molecule has 2 aromatic rings. The Morgan fingerprint density at radius 1 is 1.23 bits per heavy atom. The zero-order valence-electron chi connectivity index (χ0n) is 14.6. The first kappa shape index (κ1) is 18.5. The van der Waals surface area contributed by atoms with E-state index in [1.54, 1.807) is 18.2 Å². The number of carbonyl (C=O) groups is 2. The lowest BCUT2D eigenvalue weighted by Crippen LogP contribution is -2.39. The Labute approximate surface area is 156 Å². The SMILES string of the molecule is COC(=O)c1cc(OCC(=O)NC2CCCCC2)c2cc(Cl)ccc2n1. The fourth-order valence-corrected chi connectivity index (χ4v) is 3.33. The van der Waals surface area contributed by atoms with Gasteiger partial charge in [0.1, 0.15) is 5.75 Å². The Balaban J connectivity index is 1.77. The first-order valence-electron chi connectivity index (χ1n) is 8.67. The number of rotatable bonds is 5. The molecule has 1 heterocycles. The lowest BCUT2D eigenvalue weighted by molar-refractivity contribution is -0.124. The zero-order chi connectivity index (χ0) is 18.5. The Morgan fingerprint density at radius 3 is 2.73 bits per heavy atom. The molecule has 0 radical (unpaired) electrons. The highest BCUT2D eigenvalue weighted by molar-refractivity contribution is 6.31. The number of aromatic nitrogens is 1. The molecule has 7 heteroatoms. The van der Waals surface area contributed by atoms with Crippen molar-refractivity contribution in [2.45, 2.75) is 38.1 Å². The van der Waals surface area contributed by atoms with Crippen LogP contribution in [0.3, 0.4) is 0 Å². The second-order valence-corrected chi connectivity index (χ2v) is 6.79. The van der Waals surface area contributed by atoms with Gasteiger partial charge < -0.3 is 14.8 Å². The molecule has 1 aliphatic rings. The van der Waals surface area contributed by atoms with Gasteiger partial charge in [-0.25, -0.2) is 9.78 Å². The maximum Gasteiger partial charge on any atom is 0.356 e. The summed E-state index contributed by atoms with van der Waals surface area (Å²) in [5, 5.41) is 4.15. The number of nitrogens with zero attached hydrogens (tertiary/aromatic N) is 1. The Bertz CT molecular complexity index is 819. The highest BCUT2D eigenvalue weighted by Gasteiger charge is 2.18. The van der Waals surface area contributed by atoms with Gasteiger partial charge in [-0.2, -0.15) is 0 Å². The van der Waals surface area contributed by atoms with E-state index in [-0.39, 0.29) is 24.2 Å². The molecule has 1 saturated carbocycles. The van der Waals surface area contributed by atoms with Gasteiger partial charge >= 0.3 is 5.97 Å². The largest absolute Gasteiger partial charge is 0.483 e. The monoisotopic (exact) mass is 376 g/mol. The van der Waals surface area contributed by atoms with Crippen LogP contribution in [0.5, 0.6) is 5.75 Å². The molecule has 1 amide bonds. The summed E-state index contributed by atoms with van der Waals surface area (Å²) in [6.45, 7) is -0.136. The lowest BCUT2D eigenvalue weighted by Gasteiger charge is -2.22. The topological polar surface area (TPSA) is 77.5 Å². The Hall–Kier alpha value is -2.34. The lowest BCUT2D eigenvalue weighted by atomic mass is 9.95. The molecule has 0 spiro atoms. The number of ether oxygens (including phenoxy) is 2. The van der Waals surface area contributed by atoms with Gasteiger partial charge in [-0.1, -0.05) is 30.9 Å². The van der Waals surface area contributed by atoms with Crippen molar-refractivity contribution >= 4 is 34.4 Å². The van der Waals surface area contributed by atoms with E-state index in [0.29, 0.717) is 21.7 Å². The van der Waals surface area contributed by atoms with Crippen molar-refractivity contribution in [2.75, 3.05) is 13.7 Å².